The third-order valence-electron chi connectivity index (χ3n) is 2.98. The molecular formula is C14H11Cl2N5O3S. The number of thioether (sulfide) groups is 1. The van der Waals surface area contributed by atoms with Crippen LogP contribution < -0.4 is 10.6 Å². The highest BCUT2D eigenvalue weighted by Gasteiger charge is 2.14. The molecule has 0 bridgehead atoms. The van der Waals surface area contributed by atoms with Crippen LogP contribution in [0.4, 0.5) is 4.79 Å². The molecule has 0 spiro atoms. The van der Waals surface area contributed by atoms with Crippen LogP contribution in [0.5, 0.6) is 0 Å². The average molecular weight is 400 g/mol. The van der Waals surface area contributed by atoms with Crippen LogP contribution in [0.15, 0.2) is 40.2 Å². The number of fused-ring (bicyclic) bond motifs is 1. The Balaban J connectivity index is 1.53. The van der Waals surface area contributed by atoms with Gasteiger partial charge in [-0.3, -0.25) is 14.5 Å². The van der Waals surface area contributed by atoms with Gasteiger partial charge in [-0.15, -0.1) is 10.2 Å². The van der Waals surface area contributed by atoms with Crippen molar-refractivity contribution in [3.63, 3.8) is 0 Å². The Kier molecular flexibility index (Phi) is 5.47. The number of carbonyl (C=O) groups excluding carboxylic acids is 2. The first-order valence-electron chi connectivity index (χ1n) is 6.95. The monoisotopic (exact) mass is 399 g/mol. The summed E-state index contributed by atoms with van der Waals surface area (Å²) in [6.45, 7) is 0.186. The van der Waals surface area contributed by atoms with Gasteiger partial charge >= 0.3 is 6.03 Å². The van der Waals surface area contributed by atoms with Crippen molar-refractivity contribution in [2.75, 3.05) is 5.75 Å². The number of amides is 3. The van der Waals surface area contributed by atoms with Crippen molar-refractivity contribution in [2.45, 2.75) is 11.7 Å². The van der Waals surface area contributed by atoms with Crippen molar-refractivity contribution in [3.05, 3.63) is 46.5 Å². The van der Waals surface area contributed by atoms with Crippen LogP contribution >= 0.6 is 35.0 Å². The van der Waals surface area contributed by atoms with E-state index in [1.807, 2.05) is 0 Å². The molecule has 11 heteroatoms. The number of hydrogen-bond donors (Lipinski definition) is 2. The highest BCUT2D eigenvalue weighted by Crippen LogP contribution is 2.25. The van der Waals surface area contributed by atoms with Crippen LogP contribution in [0.2, 0.25) is 10.0 Å². The Morgan fingerprint density at radius 3 is 2.92 bits per heavy atom. The highest BCUT2D eigenvalue weighted by atomic mass is 35.5. The lowest BCUT2D eigenvalue weighted by Gasteiger charge is -2.05. The number of furan rings is 1. The first-order valence-corrected chi connectivity index (χ1v) is 8.70. The lowest BCUT2D eigenvalue weighted by Crippen LogP contribution is -2.39. The molecule has 130 valence electrons. The maximum atomic E-state index is 11.9. The topological polar surface area (TPSA) is 102 Å². The van der Waals surface area contributed by atoms with Crippen LogP contribution in [0.3, 0.4) is 0 Å². The molecule has 8 nitrogen and oxygen atoms in total. The van der Waals surface area contributed by atoms with E-state index in [2.05, 4.69) is 20.8 Å². The summed E-state index contributed by atoms with van der Waals surface area (Å²) in [6, 6.07) is 4.36. The van der Waals surface area contributed by atoms with Crippen molar-refractivity contribution < 1.29 is 14.0 Å². The first kappa shape index (κ1) is 17.6. The minimum atomic E-state index is -0.612. The van der Waals surface area contributed by atoms with E-state index in [1.165, 1.54) is 6.26 Å². The zero-order valence-electron chi connectivity index (χ0n) is 12.5. The Labute approximate surface area is 155 Å². The molecule has 0 aliphatic carbocycles. The smallest absolute Gasteiger partial charge is 0.321 e. The number of imide groups is 1. The molecule has 0 unspecified atom stereocenters. The highest BCUT2D eigenvalue weighted by molar-refractivity contribution is 7.99. The second kappa shape index (κ2) is 7.77. The molecule has 3 amide bonds. The van der Waals surface area contributed by atoms with Crippen LogP contribution in [0.1, 0.15) is 5.76 Å². The maximum absolute atomic E-state index is 11.9. The number of nitrogens with one attached hydrogen (secondary N) is 2. The van der Waals surface area contributed by atoms with Gasteiger partial charge in [0.25, 0.3) is 0 Å². The fourth-order valence-corrected chi connectivity index (χ4v) is 3.14. The lowest BCUT2D eigenvalue weighted by atomic mass is 10.4. The van der Waals surface area contributed by atoms with Crippen LogP contribution in [0.25, 0.3) is 5.65 Å². The van der Waals surface area contributed by atoms with Crippen molar-refractivity contribution >= 4 is 52.5 Å². The summed E-state index contributed by atoms with van der Waals surface area (Å²) in [5, 5.41) is 13.8. The summed E-state index contributed by atoms with van der Waals surface area (Å²) >= 11 is 13.1. The fourth-order valence-electron chi connectivity index (χ4n) is 1.92. The van der Waals surface area contributed by atoms with Gasteiger partial charge in [-0.1, -0.05) is 35.0 Å². The van der Waals surface area contributed by atoms with E-state index in [1.54, 1.807) is 28.8 Å². The Hall–Kier alpha value is -2.23. The molecule has 3 rings (SSSR count). The zero-order valence-corrected chi connectivity index (χ0v) is 14.9. The number of aromatic nitrogens is 3. The first-order chi connectivity index (χ1) is 12.0. The summed E-state index contributed by atoms with van der Waals surface area (Å²) in [7, 11) is 0. The molecule has 25 heavy (non-hydrogen) atoms. The molecular weight excluding hydrogens is 389 g/mol. The number of hydrogen-bond acceptors (Lipinski definition) is 6. The summed E-state index contributed by atoms with van der Waals surface area (Å²) in [5.74, 6) is 0.0755. The minimum Gasteiger partial charge on any atom is -0.467 e. The van der Waals surface area contributed by atoms with E-state index in [-0.39, 0.29) is 12.3 Å². The normalized spacial score (nSPS) is 10.8. The van der Waals surface area contributed by atoms with E-state index in [4.69, 9.17) is 27.6 Å². The van der Waals surface area contributed by atoms with Gasteiger partial charge in [0.2, 0.25) is 5.91 Å². The number of pyridine rings is 1. The number of nitrogens with zero attached hydrogens (tertiary/aromatic N) is 3. The Bertz CT molecular complexity index is 913. The predicted molar refractivity (Wildman–Crippen MR) is 92.8 cm³/mol. The van der Waals surface area contributed by atoms with Gasteiger partial charge in [-0.25, -0.2) is 4.79 Å². The van der Waals surface area contributed by atoms with Crippen LogP contribution in [-0.4, -0.2) is 32.3 Å². The molecule has 0 aromatic carbocycles. The number of urea groups is 1. The van der Waals surface area contributed by atoms with Gasteiger partial charge in [-0.2, -0.15) is 0 Å². The zero-order chi connectivity index (χ0) is 17.8. The van der Waals surface area contributed by atoms with Crippen molar-refractivity contribution in [1.29, 1.82) is 0 Å². The second-order valence-electron chi connectivity index (χ2n) is 4.78. The van der Waals surface area contributed by atoms with E-state index in [9.17, 15) is 9.59 Å². The molecule has 2 N–H and O–H groups in total. The minimum absolute atomic E-state index is 0.0287. The summed E-state index contributed by atoms with van der Waals surface area (Å²) < 4.78 is 6.66. The summed E-state index contributed by atoms with van der Waals surface area (Å²) in [6.07, 6.45) is 3.09. The Morgan fingerprint density at radius 2 is 2.16 bits per heavy atom. The Morgan fingerprint density at radius 1 is 1.32 bits per heavy atom. The van der Waals surface area contributed by atoms with Gasteiger partial charge < -0.3 is 9.73 Å². The molecule has 0 atom stereocenters. The lowest BCUT2D eigenvalue weighted by molar-refractivity contribution is -0.117. The van der Waals surface area contributed by atoms with E-state index >= 15 is 0 Å². The second-order valence-corrected chi connectivity index (χ2v) is 6.57. The van der Waals surface area contributed by atoms with Crippen molar-refractivity contribution in [1.82, 2.24) is 25.2 Å². The number of carbonyl (C=O) groups is 2. The van der Waals surface area contributed by atoms with Gasteiger partial charge in [-0.05, 0) is 18.2 Å². The summed E-state index contributed by atoms with van der Waals surface area (Å²) in [5.41, 5.74) is 0.435. The molecule has 0 aliphatic rings. The third-order valence-corrected chi connectivity index (χ3v) is 4.41. The molecule has 0 radical (unpaired) electrons. The molecule has 0 saturated heterocycles. The fraction of sp³-hybridized carbons (Fsp3) is 0.143. The molecule has 3 heterocycles. The molecule has 3 aromatic heterocycles. The predicted octanol–water partition coefficient (Wildman–Crippen LogP) is 2.75. The molecule has 0 saturated carbocycles. The van der Waals surface area contributed by atoms with Crippen LogP contribution in [-0.2, 0) is 11.3 Å². The molecule has 0 fully saturated rings. The number of rotatable bonds is 5. The van der Waals surface area contributed by atoms with Crippen molar-refractivity contribution in [2.24, 2.45) is 0 Å². The van der Waals surface area contributed by atoms with E-state index in [0.717, 1.165) is 11.8 Å². The van der Waals surface area contributed by atoms with E-state index < -0.39 is 11.9 Å². The van der Waals surface area contributed by atoms with Crippen molar-refractivity contribution in [3.8, 4) is 0 Å². The van der Waals surface area contributed by atoms with E-state index in [0.29, 0.717) is 26.6 Å². The average Bonchev–Trinajstić information content (AvgIpc) is 3.20. The standard InChI is InChI=1S/C14H11Cl2N5O3S/c15-8-4-10(16)12-19-20-14(21(12)6-8)25-7-11(22)18-13(23)17-5-9-2-1-3-24-9/h1-4,6H,5,7H2,(H2,17,18,22,23). The molecule has 0 aliphatic heterocycles. The van der Waals surface area contributed by atoms with Gasteiger partial charge in [0, 0.05) is 6.20 Å². The van der Waals surface area contributed by atoms with Gasteiger partial charge in [0.15, 0.2) is 10.8 Å². The quantitative estimate of drug-likeness (QED) is 0.639. The SMILES string of the molecule is O=C(CSc1nnc2c(Cl)cc(Cl)cn12)NC(=O)NCc1ccco1. The molecule has 3 aromatic rings. The van der Waals surface area contributed by atoms with Crippen LogP contribution in [0, 0.1) is 0 Å². The van der Waals surface area contributed by atoms with Gasteiger partial charge in [0.1, 0.15) is 5.76 Å². The van der Waals surface area contributed by atoms with Gasteiger partial charge in [0.05, 0.1) is 28.6 Å². The third kappa shape index (κ3) is 4.44. The largest absolute Gasteiger partial charge is 0.467 e. The maximum Gasteiger partial charge on any atom is 0.321 e. The number of halogens is 2. The summed E-state index contributed by atoms with van der Waals surface area (Å²) in [4.78, 5) is 23.5.